The predicted molar refractivity (Wildman–Crippen MR) is 120 cm³/mol. The summed E-state index contributed by atoms with van der Waals surface area (Å²) in [6, 6.07) is 8.08. The van der Waals surface area contributed by atoms with Crippen molar-refractivity contribution in [3.63, 3.8) is 0 Å². The lowest BCUT2D eigenvalue weighted by atomic mass is 9.87. The van der Waals surface area contributed by atoms with E-state index in [1.54, 1.807) is 6.20 Å². The van der Waals surface area contributed by atoms with Crippen LogP contribution in [0.3, 0.4) is 0 Å². The Hall–Kier alpha value is -3.62. The number of hydrogen-bond donors (Lipinski definition) is 2. The van der Waals surface area contributed by atoms with Crippen LogP contribution in [0.2, 0.25) is 0 Å². The summed E-state index contributed by atoms with van der Waals surface area (Å²) >= 11 is 0. The van der Waals surface area contributed by atoms with Gasteiger partial charge in [-0.2, -0.15) is 5.10 Å². The van der Waals surface area contributed by atoms with Gasteiger partial charge in [-0.25, -0.2) is 9.67 Å². The minimum atomic E-state index is -0.250. The van der Waals surface area contributed by atoms with Gasteiger partial charge in [0.2, 0.25) is 5.91 Å². The van der Waals surface area contributed by atoms with E-state index in [0.717, 1.165) is 55.0 Å². The monoisotopic (exact) mass is 439 g/mol. The standard InChI is InChI=1S/C22H27N5O2.CH2O2/c1-2-3-10-27-22-20(15-24-27)19(14-21(28)25-22)17-6-4-7-18(13-17)29-12-5-9-26-11-8-23-16-26;2-1-3/h4,6-8,11,13,15-16,19H,2-3,5,9-10,12,14H2,1H3,(H,25,28);1H,(H,2,3). The Morgan fingerprint density at radius 1 is 1.31 bits per heavy atom. The number of ether oxygens (including phenoxy) is 1. The molecule has 0 bridgehead atoms. The van der Waals surface area contributed by atoms with Crippen molar-refractivity contribution in [2.24, 2.45) is 0 Å². The van der Waals surface area contributed by atoms with Gasteiger partial charge in [0.25, 0.3) is 6.47 Å². The van der Waals surface area contributed by atoms with Crippen molar-refractivity contribution < 1.29 is 19.4 Å². The van der Waals surface area contributed by atoms with Crippen molar-refractivity contribution in [3.8, 4) is 5.75 Å². The second kappa shape index (κ2) is 11.7. The third kappa shape index (κ3) is 5.96. The topological polar surface area (TPSA) is 111 Å². The summed E-state index contributed by atoms with van der Waals surface area (Å²) in [5.41, 5.74) is 2.17. The zero-order chi connectivity index (χ0) is 22.8. The molecule has 3 heterocycles. The van der Waals surface area contributed by atoms with Crippen molar-refractivity contribution in [1.29, 1.82) is 0 Å². The average molecular weight is 440 g/mol. The zero-order valence-corrected chi connectivity index (χ0v) is 18.2. The second-order valence-electron chi connectivity index (χ2n) is 7.51. The van der Waals surface area contributed by atoms with Gasteiger partial charge in [0.05, 0.1) is 19.1 Å². The number of carboxylic acid groups (broad SMARTS) is 1. The first kappa shape index (κ1) is 23.1. The third-order valence-electron chi connectivity index (χ3n) is 5.26. The third-order valence-corrected chi connectivity index (χ3v) is 5.26. The van der Waals surface area contributed by atoms with E-state index in [1.807, 2.05) is 46.2 Å². The molecule has 1 amide bonds. The number of amides is 1. The van der Waals surface area contributed by atoms with Crippen LogP contribution in [0.1, 0.15) is 49.7 Å². The van der Waals surface area contributed by atoms with Crippen LogP contribution in [0.4, 0.5) is 5.82 Å². The molecule has 2 aromatic heterocycles. The molecule has 9 nitrogen and oxygen atoms in total. The van der Waals surface area contributed by atoms with Gasteiger partial charge in [0, 0.05) is 43.4 Å². The molecule has 1 aliphatic rings. The van der Waals surface area contributed by atoms with E-state index in [1.165, 1.54) is 0 Å². The first-order valence-corrected chi connectivity index (χ1v) is 10.8. The molecule has 2 N–H and O–H groups in total. The number of nitrogens with zero attached hydrogens (tertiary/aromatic N) is 4. The number of fused-ring (bicyclic) bond motifs is 1. The van der Waals surface area contributed by atoms with Crippen molar-refractivity contribution in [2.45, 2.75) is 51.6 Å². The van der Waals surface area contributed by atoms with Crippen molar-refractivity contribution in [3.05, 3.63) is 60.3 Å². The van der Waals surface area contributed by atoms with Gasteiger partial charge in [-0.15, -0.1) is 0 Å². The number of rotatable bonds is 9. The minimum absolute atomic E-state index is 0.00336. The van der Waals surface area contributed by atoms with E-state index in [-0.39, 0.29) is 18.3 Å². The lowest BCUT2D eigenvalue weighted by Crippen LogP contribution is -2.25. The van der Waals surface area contributed by atoms with Crippen molar-refractivity contribution >= 4 is 18.2 Å². The highest BCUT2D eigenvalue weighted by Crippen LogP contribution is 2.38. The molecule has 0 spiro atoms. The van der Waals surface area contributed by atoms with E-state index < -0.39 is 0 Å². The molecule has 170 valence electrons. The van der Waals surface area contributed by atoms with Gasteiger partial charge in [-0.1, -0.05) is 25.5 Å². The van der Waals surface area contributed by atoms with Crippen LogP contribution in [0.25, 0.3) is 0 Å². The molecule has 32 heavy (non-hydrogen) atoms. The highest BCUT2D eigenvalue weighted by Gasteiger charge is 2.30. The largest absolute Gasteiger partial charge is 0.494 e. The quantitative estimate of drug-likeness (QED) is 0.390. The molecule has 0 saturated carbocycles. The fraction of sp³-hybridized carbons (Fsp3) is 0.391. The van der Waals surface area contributed by atoms with Crippen molar-refractivity contribution in [1.82, 2.24) is 19.3 Å². The van der Waals surface area contributed by atoms with Gasteiger partial charge in [-0.05, 0) is 30.5 Å². The van der Waals surface area contributed by atoms with Crippen LogP contribution in [0.15, 0.2) is 49.2 Å². The molecule has 3 aromatic rings. The number of carbonyl (C=O) groups excluding carboxylic acids is 1. The summed E-state index contributed by atoms with van der Waals surface area (Å²) in [5.74, 6) is 1.71. The molecule has 0 aliphatic carbocycles. The highest BCUT2D eigenvalue weighted by atomic mass is 16.5. The first-order chi connectivity index (χ1) is 15.7. The number of carbonyl (C=O) groups is 2. The van der Waals surface area contributed by atoms with Gasteiger partial charge in [0.1, 0.15) is 11.6 Å². The maximum atomic E-state index is 12.4. The van der Waals surface area contributed by atoms with Crippen molar-refractivity contribution in [2.75, 3.05) is 11.9 Å². The second-order valence-corrected chi connectivity index (χ2v) is 7.51. The zero-order valence-electron chi connectivity index (χ0n) is 18.2. The lowest BCUT2D eigenvalue weighted by Gasteiger charge is -2.24. The summed E-state index contributed by atoms with van der Waals surface area (Å²) in [7, 11) is 0. The Labute approximate surface area is 187 Å². The number of nitrogens with one attached hydrogen (secondary N) is 1. The molecule has 1 unspecified atom stereocenters. The number of anilines is 1. The van der Waals surface area contributed by atoms with Crippen LogP contribution >= 0.6 is 0 Å². The number of aryl methyl sites for hydroxylation is 2. The maximum Gasteiger partial charge on any atom is 0.290 e. The molecule has 0 radical (unpaired) electrons. The summed E-state index contributed by atoms with van der Waals surface area (Å²) in [5, 5.41) is 14.4. The molecular weight excluding hydrogens is 410 g/mol. The van der Waals surface area contributed by atoms with E-state index in [2.05, 4.69) is 28.4 Å². The van der Waals surface area contributed by atoms with Crippen LogP contribution in [0, 0.1) is 0 Å². The van der Waals surface area contributed by atoms with Gasteiger partial charge in [0.15, 0.2) is 0 Å². The molecule has 4 rings (SSSR count). The Morgan fingerprint density at radius 2 is 2.16 bits per heavy atom. The summed E-state index contributed by atoms with van der Waals surface area (Å²) in [6.45, 7) is 4.23. The molecule has 0 fully saturated rings. The molecular formula is C23H29N5O4. The summed E-state index contributed by atoms with van der Waals surface area (Å²) < 4.78 is 9.91. The fourth-order valence-electron chi connectivity index (χ4n) is 3.72. The van der Waals surface area contributed by atoms with E-state index in [9.17, 15) is 4.79 Å². The average Bonchev–Trinajstić information content (AvgIpc) is 3.45. The van der Waals surface area contributed by atoms with Gasteiger partial charge >= 0.3 is 0 Å². The predicted octanol–water partition coefficient (Wildman–Crippen LogP) is 3.52. The number of hydrogen-bond acceptors (Lipinski definition) is 5. The molecule has 1 aromatic carbocycles. The normalized spacial score (nSPS) is 14.7. The van der Waals surface area contributed by atoms with Crippen LogP contribution in [-0.2, 0) is 22.7 Å². The van der Waals surface area contributed by atoms with E-state index in [0.29, 0.717) is 13.0 Å². The number of unbranched alkanes of at least 4 members (excludes halogenated alkanes) is 1. The Bertz CT molecular complexity index is 1000. The van der Waals surface area contributed by atoms with Crippen LogP contribution in [-0.4, -0.2) is 43.4 Å². The van der Waals surface area contributed by atoms with Gasteiger partial charge in [-0.3, -0.25) is 9.59 Å². The first-order valence-electron chi connectivity index (χ1n) is 10.8. The van der Waals surface area contributed by atoms with Gasteiger partial charge < -0.3 is 19.7 Å². The summed E-state index contributed by atoms with van der Waals surface area (Å²) in [6.07, 6.45) is 10.9. The lowest BCUT2D eigenvalue weighted by molar-refractivity contribution is -0.123. The Balaban J connectivity index is 0.000000913. The Kier molecular flexibility index (Phi) is 8.42. The summed E-state index contributed by atoms with van der Waals surface area (Å²) in [4.78, 5) is 24.8. The molecule has 9 heteroatoms. The number of benzene rings is 1. The SMILES string of the molecule is CCCCn1ncc2c1NC(=O)CC2c1cccc(OCCCn2ccnc2)c1.O=CO. The fourth-order valence-corrected chi connectivity index (χ4v) is 3.72. The van der Waals surface area contributed by atoms with Crippen LogP contribution < -0.4 is 10.1 Å². The maximum absolute atomic E-state index is 12.4. The highest BCUT2D eigenvalue weighted by molar-refractivity contribution is 5.94. The number of aromatic nitrogens is 4. The Morgan fingerprint density at radius 3 is 2.91 bits per heavy atom. The number of imidazole rings is 1. The molecule has 0 saturated heterocycles. The smallest absolute Gasteiger partial charge is 0.290 e. The van der Waals surface area contributed by atoms with E-state index in [4.69, 9.17) is 14.6 Å². The minimum Gasteiger partial charge on any atom is -0.494 e. The molecule has 1 atom stereocenters. The van der Waals surface area contributed by atoms with Crippen LogP contribution in [0.5, 0.6) is 5.75 Å². The van der Waals surface area contributed by atoms with E-state index >= 15 is 0 Å². The molecule has 1 aliphatic heterocycles.